The number of para-hydroxylation sites is 1. The van der Waals surface area contributed by atoms with Gasteiger partial charge in [-0.2, -0.15) is 0 Å². The van der Waals surface area contributed by atoms with E-state index in [0.29, 0.717) is 16.9 Å². The van der Waals surface area contributed by atoms with Gasteiger partial charge < -0.3 is 10.1 Å². The molecule has 1 aromatic heterocycles. The maximum atomic E-state index is 12.5. The molecule has 1 N–H and O–H groups in total. The molecule has 126 valence electrons. The molecule has 3 aromatic rings. The van der Waals surface area contributed by atoms with E-state index in [1.54, 1.807) is 24.3 Å². The van der Waals surface area contributed by atoms with Crippen LogP contribution < -0.4 is 5.32 Å². The molecule has 0 unspecified atom stereocenters. The number of anilines is 1. The molecule has 1 amide bonds. The van der Waals surface area contributed by atoms with Gasteiger partial charge in [-0.25, -0.2) is 4.98 Å². The molecule has 0 saturated carbocycles. The number of carbonyl (C=O) groups is 2. The van der Waals surface area contributed by atoms with E-state index in [4.69, 9.17) is 4.74 Å². The number of halogens is 1. The van der Waals surface area contributed by atoms with Crippen molar-refractivity contribution in [3.05, 3.63) is 70.3 Å². The molecule has 0 radical (unpaired) electrons. The van der Waals surface area contributed by atoms with Crippen molar-refractivity contribution in [2.75, 3.05) is 5.32 Å². The standard InChI is InChI=1S/C19H15BrN2O3/c1-12(23)25-11-14-10-15(20)7-9-17(14)22-19(24)18-8-6-13-4-2-3-5-16(13)21-18/h2-10H,11H2,1H3,(H,22,24). The van der Waals surface area contributed by atoms with Crippen LogP contribution in [0.15, 0.2) is 59.1 Å². The van der Waals surface area contributed by atoms with Crippen LogP contribution in [-0.2, 0) is 16.1 Å². The van der Waals surface area contributed by atoms with Crippen molar-refractivity contribution >= 4 is 44.4 Å². The molecule has 5 nitrogen and oxygen atoms in total. The summed E-state index contributed by atoms with van der Waals surface area (Å²) in [5.74, 6) is -0.703. The van der Waals surface area contributed by atoms with Gasteiger partial charge >= 0.3 is 5.97 Å². The minimum Gasteiger partial charge on any atom is -0.461 e. The summed E-state index contributed by atoms with van der Waals surface area (Å²) in [5, 5.41) is 3.80. The highest BCUT2D eigenvalue weighted by Crippen LogP contribution is 2.23. The van der Waals surface area contributed by atoms with Gasteiger partial charge in [0.15, 0.2) is 0 Å². The Bertz CT molecular complexity index is 956. The lowest BCUT2D eigenvalue weighted by molar-refractivity contribution is -0.142. The highest BCUT2D eigenvalue weighted by atomic mass is 79.9. The summed E-state index contributed by atoms with van der Waals surface area (Å²) in [4.78, 5) is 28.0. The van der Waals surface area contributed by atoms with E-state index in [1.807, 2.05) is 30.3 Å². The molecular weight excluding hydrogens is 384 g/mol. The summed E-state index contributed by atoms with van der Waals surface area (Å²) in [7, 11) is 0. The fourth-order valence-corrected chi connectivity index (χ4v) is 2.77. The molecule has 2 aromatic carbocycles. The normalized spacial score (nSPS) is 10.5. The summed E-state index contributed by atoms with van der Waals surface area (Å²) in [6.07, 6.45) is 0. The van der Waals surface area contributed by atoms with Crippen LogP contribution in [-0.4, -0.2) is 16.9 Å². The summed E-state index contributed by atoms with van der Waals surface area (Å²) in [6, 6.07) is 16.5. The first-order chi connectivity index (χ1) is 12.0. The number of fused-ring (bicyclic) bond motifs is 1. The number of aromatic nitrogens is 1. The Morgan fingerprint density at radius 2 is 1.92 bits per heavy atom. The van der Waals surface area contributed by atoms with Gasteiger partial charge in [0.05, 0.1) is 5.52 Å². The second-order valence-corrected chi connectivity index (χ2v) is 6.34. The van der Waals surface area contributed by atoms with Gasteiger partial charge in [-0.3, -0.25) is 9.59 Å². The first kappa shape index (κ1) is 17.1. The van der Waals surface area contributed by atoms with E-state index in [0.717, 1.165) is 15.4 Å². The molecule has 3 rings (SSSR count). The molecular formula is C19H15BrN2O3. The number of benzene rings is 2. The van der Waals surface area contributed by atoms with Crippen LogP contribution in [0.4, 0.5) is 5.69 Å². The van der Waals surface area contributed by atoms with Crippen LogP contribution in [0.5, 0.6) is 0 Å². The Morgan fingerprint density at radius 3 is 2.72 bits per heavy atom. The number of rotatable bonds is 4. The second kappa shape index (κ2) is 7.44. The van der Waals surface area contributed by atoms with Crippen LogP contribution in [0.2, 0.25) is 0 Å². The van der Waals surface area contributed by atoms with Crippen LogP contribution in [0, 0.1) is 0 Å². The predicted molar refractivity (Wildman–Crippen MR) is 99.3 cm³/mol. The van der Waals surface area contributed by atoms with Crippen molar-refractivity contribution in [2.24, 2.45) is 0 Å². The summed E-state index contributed by atoms with van der Waals surface area (Å²) in [6.45, 7) is 1.42. The zero-order chi connectivity index (χ0) is 17.8. The highest BCUT2D eigenvalue weighted by Gasteiger charge is 2.12. The van der Waals surface area contributed by atoms with Crippen molar-refractivity contribution < 1.29 is 14.3 Å². The van der Waals surface area contributed by atoms with Gasteiger partial charge in [-0.05, 0) is 30.3 Å². The van der Waals surface area contributed by atoms with Gasteiger partial charge in [0, 0.05) is 28.0 Å². The number of hydrogen-bond acceptors (Lipinski definition) is 4. The molecule has 0 aliphatic heterocycles. The minimum atomic E-state index is -0.381. The van der Waals surface area contributed by atoms with Gasteiger partial charge in [0.2, 0.25) is 0 Å². The van der Waals surface area contributed by atoms with Crippen molar-refractivity contribution in [3.8, 4) is 0 Å². The smallest absolute Gasteiger partial charge is 0.302 e. The minimum absolute atomic E-state index is 0.0789. The Morgan fingerprint density at radius 1 is 1.12 bits per heavy atom. The molecule has 0 atom stereocenters. The fourth-order valence-electron chi connectivity index (χ4n) is 2.36. The lowest BCUT2D eigenvalue weighted by Crippen LogP contribution is -2.15. The number of hydrogen-bond donors (Lipinski definition) is 1. The lowest BCUT2D eigenvalue weighted by Gasteiger charge is -2.12. The third-order valence-electron chi connectivity index (χ3n) is 3.58. The topological polar surface area (TPSA) is 68.3 Å². The molecule has 0 aliphatic rings. The second-order valence-electron chi connectivity index (χ2n) is 5.43. The molecule has 25 heavy (non-hydrogen) atoms. The number of carbonyl (C=O) groups excluding carboxylic acids is 2. The third-order valence-corrected chi connectivity index (χ3v) is 4.07. The maximum absolute atomic E-state index is 12.5. The van der Waals surface area contributed by atoms with E-state index in [2.05, 4.69) is 26.2 Å². The molecule has 0 saturated heterocycles. The fraction of sp³-hybridized carbons (Fsp3) is 0.105. The molecule has 0 aliphatic carbocycles. The van der Waals surface area contributed by atoms with Crippen molar-refractivity contribution in [1.82, 2.24) is 4.98 Å². The number of ether oxygens (including phenoxy) is 1. The maximum Gasteiger partial charge on any atom is 0.302 e. The zero-order valence-electron chi connectivity index (χ0n) is 13.5. The van der Waals surface area contributed by atoms with Crippen LogP contribution >= 0.6 is 15.9 Å². The third kappa shape index (κ3) is 4.22. The molecule has 0 fully saturated rings. The van der Waals surface area contributed by atoms with Crippen molar-refractivity contribution in [3.63, 3.8) is 0 Å². The zero-order valence-corrected chi connectivity index (χ0v) is 15.0. The van der Waals surface area contributed by atoms with Crippen molar-refractivity contribution in [1.29, 1.82) is 0 Å². The highest BCUT2D eigenvalue weighted by molar-refractivity contribution is 9.10. The summed E-state index contributed by atoms with van der Waals surface area (Å²) >= 11 is 3.38. The monoisotopic (exact) mass is 398 g/mol. The Hall–Kier alpha value is -2.73. The largest absolute Gasteiger partial charge is 0.461 e. The first-order valence-corrected chi connectivity index (χ1v) is 8.41. The average molecular weight is 399 g/mol. The SMILES string of the molecule is CC(=O)OCc1cc(Br)ccc1NC(=O)c1ccc2ccccc2n1. The van der Waals surface area contributed by atoms with Gasteiger partial charge in [0.1, 0.15) is 12.3 Å². The summed E-state index contributed by atoms with van der Waals surface area (Å²) in [5.41, 5.74) is 2.34. The Kier molecular flexibility index (Phi) is 5.09. The number of nitrogens with one attached hydrogen (secondary N) is 1. The number of esters is 1. The molecule has 1 heterocycles. The van der Waals surface area contributed by atoms with Crippen LogP contribution in [0.1, 0.15) is 23.0 Å². The van der Waals surface area contributed by atoms with E-state index in [-0.39, 0.29) is 18.5 Å². The van der Waals surface area contributed by atoms with E-state index < -0.39 is 0 Å². The van der Waals surface area contributed by atoms with E-state index >= 15 is 0 Å². The Balaban J connectivity index is 1.85. The number of amides is 1. The quantitative estimate of drug-likeness (QED) is 0.664. The van der Waals surface area contributed by atoms with Crippen molar-refractivity contribution in [2.45, 2.75) is 13.5 Å². The van der Waals surface area contributed by atoms with Crippen LogP contribution in [0.3, 0.4) is 0 Å². The predicted octanol–water partition coefficient (Wildman–Crippen LogP) is 4.31. The van der Waals surface area contributed by atoms with Gasteiger partial charge in [-0.15, -0.1) is 0 Å². The number of nitrogens with zero attached hydrogens (tertiary/aromatic N) is 1. The first-order valence-electron chi connectivity index (χ1n) is 7.62. The van der Waals surface area contributed by atoms with Crippen LogP contribution in [0.25, 0.3) is 10.9 Å². The van der Waals surface area contributed by atoms with Gasteiger partial charge in [0.25, 0.3) is 5.91 Å². The molecule has 0 bridgehead atoms. The number of pyridine rings is 1. The van der Waals surface area contributed by atoms with Gasteiger partial charge in [-0.1, -0.05) is 40.2 Å². The molecule has 6 heteroatoms. The van der Waals surface area contributed by atoms with E-state index in [1.165, 1.54) is 6.92 Å². The average Bonchev–Trinajstić information content (AvgIpc) is 2.61. The van der Waals surface area contributed by atoms with E-state index in [9.17, 15) is 9.59 Å². The Labute approximate surface area is 153 Å². The lowest BCUT2D eigenvalue weighted by atomic mass is 10.1. The molecule has 0 spiro atoms. The summed E-state index contributed by atoms with van der Waals surface area (Å²) < 4.78 is 5.87.